The molecule has 0 aliphatic rings. The lowest BCUT2D eigenvalue weighted by Gasteiger charge is -2.34. The molecule has 2 unspecified atom stereocenters. The number of benzene rings is 1. The lowest BCUT2D eigenvalue weighted by atomic mass is 9.95. The molecule has 7 nitrogen and oxygen atoms in total. The summed E-state index contributed by atoms with van der Waals surface area (Å²) in [5.41, 5.74) is 2.05. The van der Waals surface area contributed by atoms with Crippen molar-refractivity contribution in [2.75, 3.05) is 25.1 Å². The minimum Gasteiger partial charge on any atom is -0.444 e. The van der Waals surface area contributed by atoms with Crippen LogP contribution in [0.15, 0.2) is 30.9 Å². The SMILES string of the molecule is C=CCN(C(=O)C(CCSC)NC(=O)OC(C)(C)C)C(C(=O)NCCCCC)c1cccc(C)c1C. The Hall–Kier alpha value is -2.48. The lowest BCUT2D eigenvalue weighted by molar-refractivity contribution is -0.141. The lowest BCUT2D eigenvalue weighted by Crippen LogP contribution is -2.53. The summed E-state index contributed by atoms with van der Waals surface area (Å²) in [6, 6.07) is 4.08. The number of aryl methyl sites for hydroxylation is 1. The zero-order valence-electron chi connectivity index (χ0n) is 23.1. The van der Waals surface area contributed by atoms with Gasteiger partial charge in [0, 0.05) is 13.1 Å². The number of ether oxygens (including phenoxy) is 1. The fourth-order valence-electron chi connectivity index (χ4n) is 3.81. The van der Waals surface area contributed by atoms with E-state index in [1.165, 1.54) is 4.90 Å². The molecule has 0 saturated carbocycles. The molecule has 3 amide bonds. The molecule has 36 heavy (non-hydrogen) atoms. The van der Waals surface area contributed by atoms with Crippen molar-refractivity contribution in [1.29, 1.82) is 0 Å². The van der Waals surface area contributed by atoms with E-state index in [1.54, 1.807) is 38.6 Å². The fraction of sp³-hybridized carbons (Fsp3) is 0.607. The van der Waals surface area contributed by atoms with E-state index in [0.717, 1.165) is 36.0 Å². The Morgan fingerprint density at radius 1 is 1.19 bits per heavy atom. The number of alkyl carbamates (subject to hydrolysis) is 1. The summed E-state index contributed by atoms with van der Waals surface area (Å²) in [7, 11) is 0. The molecule has 8 heteroatoms. The Morgan fingerprint density at radius 3 is 2.47 bits per heavy atom. The summed E-state index contributed by atoms with van der Waals surface area (Å²) >= 11 is 1.58. The monoisotopic (exact) mass is 519 g/mol. The largest absolute Gasteiger partial charge is 0.444 e. The van der Waals surface area contributed by atoms with Crippen molar-refractivity contribution in [1.82, 2.24) is 15.5 Å². The van der Waals surface area contributed by atoms with E-state index in [-0.39, 0.29) is 18.4 Å². The molecule has 202 valence electrons. The van der Waals surface area contributed by atoms with Gasteiger partial charge in [0.2, 0.25) is 11.8 Å². The summed E-state index contributed by atoms with van der Waals surface area (Å²) in [5.74, 6) is 0.0752. The minimum absolute atomic E-state index is 0.158. The third kappa shape index (κ3) is 10.2. The summed E-state index contributed by atoms with van der Waals surface area (Å²) < 4.78 is 5.41. The molecule has 1 aromatic rings. The standard InChI is InChI=1S/C28H45N3O4S/c1-9-11-12-17-29-25(32)24(22-15-13-14-20(3)21(22)4)31(18-10-2)26(33)23(16-19-36-8)30-27(34)35-28(5,6)7/h10,13-15,23-24H,2,9,11-12,16-19H2,1,3-8H3,(H,29,32)(H,30,34). The average Bonchev–Trinajstić information content (AvgIpc) is 2.80. The number of carbonyl (C=O) groups is 3. The van der Waals surface area contributed by atoms with Gasteiger partial charge in [-0.25, -0.2) is 4.79 Å². The number of amides is 3. The molecule has 2 N–H and O–H groups in total. The Morgan fingerprint density at radius 2 is 1.89 bits per heavy atom. The molecule has 0 aliphatic carbocycles. The van der Waals surface area contributed by atoms with E-state index in [2.05, 4.69) is 24.1 Å². The Balaban J connectivity index is 3.42. The zero-order chi connectivity index (χ0) is 27.3. The summed E-state index contributed by atoms with van der Waals surface area (Å²) in [5, 5.41) is 5.77. The van der Waals surface area contributed by atoms with Crippen LogP contribution in [0.2, 0.25) is 0 Å². The van der Waals surface area contributed by atoms with Gasteiger partial charge in [0.25, 0.3) is 0 Å². The third-order valence-electron chi connectivity index (χ3n) is 5.79. The highest BCUT2D eigenvalue weighted by atomic mass is 32.2. The van der Waals surface area contributed by atoms with Crippen LogP contribution in [0.1, 0.15) is 76.1 Å². The second kappa shape index (κ2) is 15.6. The first-order chi connectivity index (χ1) is 17.0. The van der Waals surface area contributed by atoms with Crippen molar-refractivity contribution in [3.05, 3.63) is 47.5 Å². The van der Waals surface area contributed by atoms with Crippen LogP contribution in [-0.2, 0) is 14.3 Å². The molecular formula is C28H45N3O4S. The number of hydrogen-bond donors (Lipinski definition) is 2. The van der Waals surface area contributed by atoms with Crippen LogP contribution in [0.25, 0.3) is 0 Å². The number of rotatable bonds is 14. The van der Waals surface area contributed by atoms with Crippen molar-refractivity contribution < 1.29 is 19.1 Å². The molecule has 0 spiro atoms. The molecule has 0 aliphatic heterocycles. The molecule has 1 aromatic carbocycles. The van der Waals surface area contributed by atoms with Gasteiger partial charge < -0.3 is 20.3 Å². The zero-order valence-corrected chi connectivity index (χ0v) is 23.9. The third-order valence-corrected chi connectivity index (χ3v) is 6.43. The van der Waals surface area contributed by atoms with Gasteiger partial charge in [-0.1, -0.05) is 44.0 Å². The van der Waals surface area contributed by atoms with Gasteiger partial charge in [-0.05, 0) is 76.2 Å². The molecule has 0 heterocycles. The van der Waals surface area contributed by atoms with Crippen molar-refractivity contribution in [3.8, 4) is 0 Å². The van der Waals surface area contributed by atoms with E-state index >= 15 is 0 Å². The van der Waals surface area contributed by atoms with E-state index in [9.17, 15) is 14.4 Å². The quantitative estimate of drug-likeness (QED) is 0.257. The van der Waals surface area contributed by atoms with Crippen LogP contribution < -0.4 is 10.6 Å². The number of thioether (sulfide) groups is 1. The van der Waals surface area contributed by atoms with Crippen LogP contribution >= 0.6 is 11.8 Å². The molecule has 2 atom stereocenters. The molecule has 0 saturated heterocycles. The first kappa shape index (κ1) is 31.5. The first-order valence-corrected chi connectivity index (χ1v) is 14.1. The highest BCUT2D eigenvalue weighted by Crippen LogP contribution is 2.28. The minimum atomic E-state index is -0.853. The van der Waals surface area contributed by atoms with Crippen molar-refractivity contribution in [3.63, 3.8) is 0 Å². The van der Waals surface area contributed by atoms with Gasteiger partial charge >= 0.3 is 6.09 Å². The van der Waals surface area contributed by atoms with Gasteiger partial charge in [0.15, 0.2) is 0 Å². The topological polar surface area (TPSA) is 87.7 Å². The number of unbranched alkanes of at least 4 members (excludes halogenated alkanes) is 2. The van der Waals surface area contributed by atoms with Crippen LogP contribution in [0.3, 0.4) is 0 Å². The number of nitrogens with zero attached hydrogens (tertiary/aromatic N) is 1. The van der Waals surface area contributed by atoms with Crippen LogP contribution in [-0.4, -0.2) is 59.5 Å². The smallest absolute Gasteiger partial charge is 0.408 e. The summed E-state index contributed by atoms with van der Waals surface area (Å²) in [6.07, 6.45) is 6.23. The number of nitrogens with one attached hydrogen (secondary N) is 2. The van der Waals surface area contributed by atoms with Gasteiger partial charge in [-0.3, -0.25) is 9.59 Å². The number of carbonyl (C=O) groups excluding carboxylic acids is 3. The van der Waals surface area contributed by atoms with E-state index in [1.807, 2.05) is 38.3 Å². The summed E-state index contributed by atoms with van der Waals surface area (Å²) in [6.45, 7) is 15.9. The maximum absolute atomic E-state index is 14.0. The molecule has 0 radical (unpaired) electrons. The van der Waals surface area contributed by atoms with Gasteiger partial charge in [-0.15, -0.1) is 6.58 Å². The number of hydrogen-bond acceptors (Lipinski definition) is 5. The Labute approximate surface area is 221 Å². The van der Waals surface area contributed by atoms with Crippen molar-refractivity contribution >= 4 is 29.7 Å². The van der Waals surface area contributed by atoms with E-state index in [4.69, 9.17) is 4.74 Å². The highest BCUT2D eigenvalue weighted by molar-refractivity contribution is 7.98. The van der Waals surface area contributed by atoms with Crippen LogP contribution in [0.5, 0.6) is 0 Å². The second-order valence-electron chi connectivity index (χ2n) is 9.95. The predicted octanol–water partition coefficient (Wildman–Crippen LogP) is 5.31. The normalized spacial score (nSPS) is 12.9. The van der Waals surface area contributed by atoms with Crippen LogP contribution in [0.4, 0.5) is 4.79 Å². The molecule has 1 rings (SSSR count). The van der Waals surface area contributed by atoms with E-state index < -0.39 is 23.8 Å². The maximum Gasteiger partial charge on any atom is 0.408 e. The van der Waals surface area contributed by atoms with E-state index in [0.29, 0.717) is 18.7 Å². The average molecular weight is 520 g/mol. The molecule has 0 bridgehead atoms. The van der Waals surface area contributed by atoms with Crippen molar-refractivity contribution in [2.45, 2.75) is 84.9 Å². The fourth-order valence-corrected chi connectivity index (χ4v) is 4.28. The molecule has 0 aromatic heterocycles. The first-order valence-electron chi connectivity index (χ1n) is 12.7. The molecule has 0 fully saturated rings. The maximum atomic E-state index is 14.0. The highest BCUT2D eigenvalue weighted by Gasteiger charge is 2.36. The van der Waals surface area contributed by atoms with Gasteiger partial charge in [0.05, 0.1) is 0 Å². The van der Waals surface area contributed by atoms with Gasteiger partial charge in [0.1, 0.15) is 17.7 Å². The second-order valence-corrected chi connectivity index (χ2v) is 10.9. The summed E-state index contributed by atoms with van der Waals surface area (Å²) in [4.78, 5) is 41.6. The predicted molar refractivity (Wildman–Crippen MR) is 149 cm³/mol. The van der Waals surface area contributed by atoms with Crippen LogP contribution in [0, 0.1) is 13.8 Å². The molecular weight excluding hydrogens is 474 g/mol. The Bertz CT molecular complexity index is 882. The Kier molecular flexibility index (Phi) is 13.7. The van der Waals surface area contributed by atoms with Gasteiger partial charge in [-0.2, -0.15) is 11.8 Å². The van der Waals surface area contributed by atoms with Crippen molar-refractivity contribution in [2.24, 2.45) is 0 Å².